The first-order valence-electron chi connectivity index (χ1n) is 8.34. The van der Waals surface area contributed by atoms with E-state index < -0.39 is 0 Å². The summed E-state index contributed by atoms with van der Waals surface area (Å²) in [5.41, 5.74) is 3.31. The third-order valence-corrected chi connectivity index (χ3v) is 6.03. The molecule has 0 aliphatic heterocycles. The molecule has 0 radical (unpaired) electrons. The minimum atomic E-state index is 0.298. The second-order valence-corrected chi connectivity index (χ2v) is 7.47. The number of aryl methyl sites for hydroxylation is 2. The molecule has 0 N–H and O–H groups in total. The van der Waals surface area contributed by atoms with Crippen LogP contribution in [0.15, 0.2) is 18.2 Å². The Labute approximate surface area is 155 Å². The summed E-state index contributed by atoms with van der Waals surface area (Å²) < 4.78 is 10.9. The molecule has 6 heteroatoms. The summed E-state index contributed by atoms with van der Waals surface area (Å²) in [7, 11) is 3.32. The van der Waals surface area contributed by atoms with Crippen LogP contribution in [-0.4, -0.2) is 24.2 Å². The molecule has 4 nitrogen and oxygen atoms in total. The molecule has 1 aliphatic carbocycles. The summed E-state index contributed by atoms with van der Waals surface area (Å²) in [5, 5.41) is 1.17. The third kappa shape index (κ3) is 2.96. The normalized spacial score (nSPS) is 13.7. The van der Waals surface area contributed by atoms with Gasteiger partial charge in [-0.1, -0.05) is 0 Å². The first-order valence-corrected chi connectivity index (χ1v) is 9.69. The predicted octanol–water partition coefficient (Wildman–Crippen LogP) is 4.99. The number of thiophene rings is 1. The van der Waals surface area contributed by atoms with Crippen LogP contribution in [0.1, 0.15) is 29.1 Å². The molecule has 4 rings (SSSR count). The largest absolute Gasteiger partial charge is 0.497 e. The summed E-state index contributed by atoms with van der Waals surface area (Å²) in [6, 6.07) is 5.86. The maximum Gasteiger partial charge on any atom is 0.145 e. The van der Waals surface area contributed by atoms with Crippen molar-refractivity contribution in [3.05, 3.63) is 34.5 Å². The second-order valence-electron chi connectivity index (χ2n) is 6.11. The van der Waals surface area contributed by atoms with Gasteiger partial charge in [-0.3, -0.25) is 0 Å². The highest BCUT2D eigenvalue weighted by atomic mass is 35.5. The van der Waals surface area contributed by atoms with E-state index in [4.69, 9.17) is 26.1 Å². The summed E-state index contributed by atoms with van der Waals surface area (Å²) in [6.07, 6.45) is 4.69. The monoisotopic (exact) mass is 374 g/mol. The lowest BCUT2D eigenvalue weighted by atomic mass is 9.94. The van der Waals surface area contributed by atoms with Gasteiger partial charge in [-0.15, -0.1) is 22.9 Å². The van der Waals surface area contributed by atoms with Crippen molar-refractivity contribution in [3.8, 4) is 22.8 Å². The molecule has 2 aromatic heterocycles. The standard InChI is InChI=1S/C19H19ClN2O2S/c1-23-12-7-11(8-13(9-12)24-2)18-17-14-5-3-4-6-15(14)25-19(17)22-16(10-20)21-18/h7-9H,3-6,10H2,1-2H3. The number of benzene rings is 1. The fourth-order valence-electron chi connectivity index (χ4n) is 3.41. The molecule has 0 atom stereocenters. The minimum absolute atomic E-state index is 0.298. The van der Waals surface area contributed by atoms with Gasteiger partial charge < -0.3 is 9.47 Å². The highest BCUT2D eigenvalue weighted by Crippen LogP contribution is 2.41. The average molecular weight is 375 g/mol. The molecule has 0 spiro atoms. The van der Waals surface area contributed by atoms with Crippen LogP contribution in [0.5, 0.6) is 11.5 Å². The van der Waals surface area contributed by atoms with Crippen LogP contribution in [0.3, 0.4) is 0 Å². The SMILES string of the molecule is COc1cc(OC)cc(-c2nc(CCl)nc3sc4c(c23)CCCC4)c1. The summed E-state index contributed by atoms with van der Waals surface area (Å²) >= 11 is 7.85. The second kappa shape index (κ2) is 6.81. The van der Waals surface area contributed by atoms with Crippen molar-refractivity contribution < 1.29 is 9.47 Å². The van der Waals surface area contributed by atoms with Crippen molar-refractivity contribution >= 4 is 33.2 Å². The van der Waals surface area contributed by atoms with Gasteiger partial charge in [0.1, 0.15) is 22.2 Å². The van der Waals surface area contributed by atoms with Gasteiger partial charge in [0.15, 0.2) is 0 Å². The predicted molar refractivity (Wildman–Crippen MR) is 102 cm³/mol. The first-order chi connectivity index (χ1) is 12.2. The maximum atomic E-state index is 6.06. The number of ether oxygens (including phenoxy) is 2. The van der Waals surface area contributed by atoms with Gasteiger partial charge in [0.25, 0.3) is 0 Å². The van der Waals surface area contributed by atoms with Crippen LogP contribution in [0.2, 0.25) is 0 Å². The number of fused-ring (bicyclic) bond motifs is 3. The van der Waals surface area contributed by atoms with Crippen LogP contribution in [0, 0.1) is 0 Å². The van der Waals surface area contributed by atoms with Crippen LogP contribution in [0.25, 0.3) is 21.5 Å². The van der Waals surface area contributed by atoms with Crippen molar-refractivity contribution in [2.24, 2.45) is 0 Å². The molecule has 0 saturated carbocycles. The Morgan fingerprint density at radius 1 is 1.04 bits per heavy atom. The molecular weight excluding hydrogens is 356 g/mol. The molecule has 0 amide bonds. The van der Waals surface area contributed by atoms with Gasteiger partial charge in [0.2, 0.25) is 0 Å². The van der Waals surface area contributed by atoms with Crippen LogP contribution >= 0.6 is 22.9 Å². The Morgan fingerprint density at radius 2 is 1.76 bits per heavy atom. The number of aromatic nitrogens is 2. The highest BCUT2D eigenvalue weighted by Gasteiger charge is 2.22. The van der Waals surface area contributed by atoms with Gasteiger partial charge in [0.05, 0.1) is 25.8 Å². The summed E-state index contributed by atoms with van der Waals surface area (Å²) in [4.78, 5) is 11.9. The van der Waals surface area contributed by atoms with E-state index in [9.17, 15) is 0 Å². The lowest BCUT2D eigenvalue weighted by Gasteiger charge is -2.13. The van der Waals surface area contributed by atoms with Crippen LogP contribution < -0.4 is 9.47 Å². The van der Waals surface area contributed by atoms with Crippen molar-refractivity contribution in [2.45, 2.75) is 31.6 Å². The number of halogens is 1. The zero-order chi connectivity index (χ0) is 17.4. The topological polar surface area (TPSA) is 44.2 Å². The molecule has 1 aliphatic rings. The van der Waals surface area contributed by atoms with E-state index in [-0.39, 0.29) is 0 Å². The molecular formula is C19H19ClN2O2S. The molecule has 0 bridgehead atoms. The molecule has 25 heavy (non-hydrogen) atoms. The average Bonchev–Trinajstić information content (AvgIpc) is 3.05. The lowest BCUT2D eigenvalue weighted by molar-refractivity contribution is 0.394. The number of nitrogens with zero attached hydrogens (tertiary/aromatic N) is 2. The molecule has 3 aromatic rings. The highest BCUT2D eigenvalue weighted by molar-refractivity contribution is 7.19. The zero-order valence-corrected chi connectivity index (χ0v) is 15.8. The van der Waals surface area contributed by atoms with E-state index in [1.807, 2.05) is 18.2 Å². The molecule has 0 unspecified atom stereocenters. The fraction of sp³-hybridized carbons (Fsp3) is 0.368. The number of hydrogen-bond acceptors (Lipinski definition) is 5. The molecule has 130 valence electrons. The van der Waals surface area contributed by atoms with Gasteiger partial charge in [-0.05, 0) is 43.4 Å². The molecule has 1 aromatic carbocycles. The number of rotatable bonds is 4. The van der Waals surface area contributed by atoms with Crippen molar-refractivity contribution in [2.75, 3.05) is 14.2 Å². The Kier molecular flexibility index (Phi) is 4.52. The lowest BCUT2D eigenvalue weighted by Crippen LogP contribution is -2.01. The Morgan fingerprint density at radius 3 is 2.44 bits per heavy atom. The Balaban J connectivity index is 2.01. The van der Waals surface area contributed by atoms with Crippen molar-refractivity contribution in [3.63, 3.8) is 0 Å². The number of methoxy groups -OCH3 is 2. The van der Waals surface area contributed by atoms with Crippen LogP contribution in [0.4, 0.5) is 0 Å². The van der Waals surface area contributed by atoms with Gasteiger partial charge >= 0.3 is 0 Å². The van der Waals surface area contributed by atoms with Crippen molar-refractivity contribution in [1.29, 1.82) is 0 Å². The van der Waals surface area contributed by atoms with E-state index in [0.29, 0.717) is 11.7 Å². The summed E-state index contributed by atoms with van der Waals surface area (Å²) in [5.74, 6) is 2.45. The number of hydrogen-bond donors (Lipinski definition) is 0. The van der Waals surface area contributed by atoms with Gasteiger partial charge in [0, 0.05) is 21.9 Å². The van der Waals surface area contributed by atoms with E-state index in [1.54, 1.807) is 25.6 Å². The van der Waals surface area contributed by atoms with Gasteiger partial charge in [-0.2, -0.15) is 0 Å². The Hall–Kier alpha value is -1.85. The molecule has 0 saturated heterocycles. The van der Waals surface area contributed by atoms with E-state index in [2.05, 4.69) is 4.98 Å². The number of alkyl halides is 1. The molecule has 0 fully saturated rings. The van der Waals surface area contributed by atoms with E-state index in [0.717, 1.165) is 40.4 Å². The van der Waals surface area contributed by atoms with E-state index in [1.165, 1.54) is 28.7 Å². The smallest absolute Gasteiger partial charge is 0.145 e. The third-order valence-electron chi connectivity index (χ3n) is 4.61. The van der Waals surface area contributed by atoms with Crippen LogP contribution in [-0.2, 0) is 18.7 Å². The summed E-state index contributed by atoms with van der Waals surface area (Å²) in [6.45, 7) is 0. The fourth-order valence-corrected chi connectivity index (χ4v) is 4.81. The maximum absolute atomic E-state index is 6.06. The molecule has 2 heterocycles. The quantitative estimate of drug-likeness (QED) is 0.603. The zero-order valence-electron chi connectivity index (χ0n) is 14.3. The first kappa shape index (κ1) is 16.6. The minimum Gasteiger partial charge on any atom is -0.497 e. The Bertz CT molecular complexity index is 917. The van der Waals surface area contributed by atoms with Gasteiger partial charge in [-0.25, -0.2) is 9.97 Å². The van der Waals surface area contributed by atoms with E-state index >= 15 is 0 Å². The van der Waals surface area contributed by atoms with Crippen molar-refractivity contribution in [1.82, 2.24) is 9.97 Å².